The molecule has 0 unspecified atom stereocenters. The molecule has 1 aliphatic heterocycles. The molecule has 2 aromatic rings. The quantitative estimate of drug-likeness (QED) is 0.637. The Kier molecular flexibility index (Phi) is 3.94. The Hall–Kier alpha value is -1.70. The van der Waals surface area contributed by atoms with Crippen molar-refractivity contribution in [3.63, 3.8) is 0 Å². The van der Waals surface area contributed by atoms with Gasteiger partial charge in [-0.2, -0.15) is 0 Å². The molecule has 1 fully saturated rings. The molecule has 124 valence electrons. The second-order valence-electron chi connectivity index (χ2n) is 6.01. The van der Waals surface area contributed by atoms with E-state index in [1.54, 1.807) is 18.2 Å². The number of benzene rings is 2. The summed E-state index contributed by atoms with van der Waals surface area (Å²) in [4.78, 5) is 1.96. The monoisotopic (exact) mass is 442 g/mol. The standard InChI is InChI=1S/C18H14F3IN2/c19-13-8-10(22)3-6-16(13)23-17-12-2-1-7-24(11-4-5-11)18(12)15(21)9-14(17)20/h1-3,6,8-9,11,23H,4-5,7H2. The number of fused-ring (bicyclic) bond motifs is 1. The van der Waals surface area contributed by atoms with E-state index in [4.69, 9.17) is 0 Å². The van der Waals surface area contributed by atoms with Gasteiger partial charge in [0.05, 0.1) is 17.1 Å². The van der Waals surface area contributed by atoms with Crippen molar-refractivity contribution in [3.8, 4) is 0 Å². The highest BCUT2D eigenvalue weighted by atomic mass is 127. The summed E-state index contributed by atoms with van der Waals surface area (Å²) in [6.07, 6.45) is 5.61. The fourth-order valence-electron chi connectivity index (χ4n) is 3.03. The van der Waals surface area contributed by atoms with Crippen LogP contribution in [0.4, 0.5) is 30.2 Å². The SMILES string of the molecule is Fc1cc(I)ccc1Nc1c(F)cc(F)c2c1C=CCN2C1CC1. The molecule has 6 heteroatoms. The third-order valence-electron chi connectivity index (χ3n) is 4.30. The summed E-state index contributed by atoms with van der Waals surface area (Å²) in [6.45, 7) is 0.609. The lowest BCUT2D eigenvalue weighted by molar-refractivity contribution is 0.580. The fraction of sp³-hybridized carbons (Fsp3) is 0.222. The number of hydrogen-bond donors (Lipinski definition) is 1. The second kappa shape index (κ2) is 5.98. The van der Waals surface area contributed by atoms with Gasteiger partial charge in [-0.15, -0.1) is 0 Å². The van der Waals surface area contributed by atoms with E-state index in [0.717, 1.165) is 22.5 Å². The van der Waals surface area contributed by atoms with Crippen LogP contribution < -0.4 is 10.2 Å². The van der Waals surface area contributed by atoms with Crippen molar-refractivity contribution in [3.05, 3.63) is 56.9 Å². The van der Waals surface area contributed by atoms with Crippen molar-refractivity contribution in [2.75, 3.05) is 16.8 Å². The molecule has 1 aliphatic carbocycles. The highest BCUT2D eigenvalue weighted by molar-refractivity contribution is 14.1. The Morgan fingerprint density at radius 3 is 2.54 bits per heavy atom. The van der Waals surface area contributed by atoms with Crippen LogP contribution in [-0.4, -0.2) is 12.6 Å². The molecule has 0 radical (unpaired) electrons. The van der Waals surface area contributed by atoms with Gasteiger partial charge in [-0.05, 0) is 53.6 Å². The van der Waals surface area contributed by atoms with E-state index in [-0.39, 0.29) is 11.4 Å². The molecule has 0 amide bonds. The molecule has 2 nitrogen and oxygen atoms in total. The van der Waals surface area contributed by atoms with Crippen LogP contribution in [-0.2, 0) is 0 Å². The molecule has 0 atom stereocenters. The molecule has 24 heavy (non-hydrogen) atoms. The minimum atomic E-state index is -0.730. The lowest BCUT2D eigenvalue weighted by Gasteiger charge is -2.30. The highest BCUT2D eigenvalue weighted by Gasteiger charge is 2.34. The summed E-state index contributed by atoms with van der Waals surface area (Å²) in [5, 5.41) is 2.81. The average molecular weight is 442 g/mol. The Morgan fingerprint density at radius 2 is 1.83 bits per heavy atom. The molecule has 4 rings (SSSR count). The molecule has 0 saturated heterocycles. The van der Waals surface area contributed by atoms with Gasteiger partial charge in [0, 0.05) is 27.8 Å². The first kappa shape index (κ1) is 15.8. The van der Waals surface area contributed by atoms with E-state index < -0.39 is 17.5 Å². The first-order valence-electron chi connectivity index (χ1n) is 7.72. The number of nitrogens with one attached hydrogen (secondary N) is 1. The molecule has 2 aromatic carbocycles. The van der Waals surface area contributed by atoms with Gasteiger partial charge < -0.3 is 10.2 Å². The highest BCUT2D eigenvalue weighted by Crippen LogP contribution is 2.42. The Bertz CT molecular complexity index is 847. The van der Waals surface area contributed by atoms with E-state index in [9.17, 15) is 13.2 Å². The van der Waals surface area contributed by atoms with Crippen LogP contribution in [0, 0.1) is 21.0 Å². The van der Waals surface area contributed by atoms with Gasteiger partial charge in [0.25, 0.3) is 0 Å². The summed E-state index contributed by atoms with van der Waals surface area (Å²) < 4.78 is 43.7. The summed E-state index contributed by atoms with van der Waals surface area (Å²) in [7, 11) is 0. The van der Waals surface area contributed by atoms with Crippen molar-refractivity contribution in [1.29, 1.82) is 0 Å². The van der Waals surface area contributed by atoms with Gasteiger partial charge in [-0.3, -0.25) is 0 Å². The van der Waals surface area contributed by atoms with E-state index >= 15 is 0 Å². The van der Waals surface area contributed by atoms with Crippen LogP contribution in [0.5, 0.6) is 0 Å². The molecule has 0 bridgehead atoms. The Balaban J connectivity index is 1.81. The molecule has 1 heterocycles. The number of anilines is 3. The first-order chi connectivity index (χ1) is 11.5. The number of hydrogen-bond acceptors (Lipinski definition) is 2. The van der Waals surface area contributed by atoms with Gasteiger partial charge in [-0.25, -0.2) is 13.2 Å². The van der Waals surface area contributed by atoms with Crippen molar-refractivity contribution in [2.45, 2.75) is 18.9 Å². The van der Waals surface area contributed by atoms with E-state index in [0.29, 0.717) is 23.8 Å². The Labute approximate surface area is 151 Å². The summed E-state index contributed by atoms with van der Waals surface area (Å²) in [6, 6.07) is 5.82. The maximum absolute atomic E-state index is 14.4. The molecule has 0 aromatic heterocycles. The van der Waals surface area contributed by atoms with E-state index in [2.05, 4.69) is 5.32 Å². The van der Waals surface area contributed by atoms with Gasteiger partial charge in [0.1, 0.15) is 17.5 Å². The van der Waals surface area contributed by atoms with Gasteiger partial charge in [0.15, 0.2) is 0 Å². The van der Waals surface area contributed by atoms with Crippen LogP contribution in [0.15, 0.2) is 30.3 Å². The van der Waals surface area contributed by atoms with Crippen molar-refractivity contribution in [1.82, 2.24) is 0 Å². The normalized spacial score (nSPS) is 16.2. The third-order valence-corrected chi connectivity index (χ3v) is 4.97. The molecule has 1 N–H and O–H groups in total. The van der Waals surface area contributed by atoms with Crippen molar-refractivity contribution >= 4 is 45.7 Å². The van der Waals surface area contributed by atoms with Crippen LogP contribution in [0.3, 0.4) is 0 Å². The van der Waals surface area contributed by atoms with Crippen molar-refractivity contribution < 1.29 is 13.2 Å². The summed E-state index contributed by atoms with van der Waals surface area (Å²) in [5.74, 6) is -1.78. The fourth-order valence-corrected chi connectivity index (χ4v) is 3.48. The second-order valence-corrected chi connectivity index (χ2v) is 7.26. The predicted molar refractivity (Wildman–Crippen MR) is 98.2 cm³/mol. The average Bonchev–Trinajstić information content (AvgIpc) is 3.37. The van der Waals surface area contributed by atoms with Gasteiger partial charge in [-0.1, -0.05) is 12.2 Å². The molecule has 1 saturated carbocycles. The smallest absolute Gasteiger partial charge is 0.150 e. The number of nitrogens with zero attached hydrogens (tertiary/aromatic N) is 1. The molecule has 2 aliphatic rings. The largest absolute Gasteiger partial charge is 0.362 e. The minimum Gasteiger partial charge on any atom is -0.362 e. The third kappa shape index (κ3) is 2.76. The summed E-state index contributed by atoms with van der Waals surface area (Å²) in [5.41, 5.74) is 1.10. The maximum Gasteiger partial charge on any atom is 0.150 e. The van der Waals surface area contributed by atoms with Crippen molar-refractivity contribution in [2.24, 2.45) is 0 Å². The lowest BCUT2D eigenvalue weighted by atomic mass is 10.0. The zero-order valence-electron chi connectivity index (χ0n) is 12.6. The molecular formula is C18H14F3IN2. The minimum absolute atomic E-state index is 0.105. The van der Waals surface area contributed by atoms with Crippen LogP contribution in [0.25, 0.3) is 6.08 Å². The van der Waals surface area contributed by atoms with E-state index in [1.165, 1.54) is 6.07 Å². The molecule has 0 spiro atoms. The first-order valence-corrected chi connectivity index (χ1v) is 8.79. The number of halogens is 4. The Morgan fingerprint density at radius 1 is 1.04 bits per heavy atom. The lowest BCUT2D eigenvalue weighted by Crippen LogP contribution is -2.29. The zero-order chi connectivity index (χ0) is 16.8. The topological polar surface area (TPSA) is 15.3 Å². The van der Waals surface area contributed by atoms with Gasteiger partial charge in [0.2, 0.25) is 0 Å². The number of rotatable bonds is 3. The predicted octanol–water partition coefficient (Wildman–Crippen LogP) is 5.45. The summed E-state index contributed by atoms with van der Waals surface area (Å²) >= 11 is 2.01. The van der Waals surface area contributed by atoms with Gasteiger partial charge >= 0.3 is 0 Å². The van der Waals surface area contributed by atoms with Crippen LogP contribution in [0.2, 0.25) is 0 Å². The van der Waals surface area contributed by atoms with E-state index in [1.807, 2.05) is 33.6 Å². The van der Waals surface area contributed by atoms with Crippen LogP contribution >= 0.6 is 22.6 Å². The molecular weight excluding hydrogens is 428 g/mol. The zero-order valence-corrected chi connectivity index (χ0v) is 14.8. The van der Waals surface area contributed by atoms with Crippen LogP contribution in [0.1, 0.15) is 18.4 Å². The maximum atomic E-state index is 14.4.